The minimum atomic E-state index is -0.464. The van der Waals surface area contributed by atoms with E-state index in [1.807, 2.05) is 30.3 Å². The molecular formula is C34H38N6O2S2. The highest BCUT2D eigenvalue weighted by atomic mass is 32.1. The third-order valence-electron chi connectivity index (χ3n) is 8.00. The molecule has 4 aromatic rings. The van der Waals surface area contributed by atoms with Gasteiger partial charge in [-0.1, -0.05) is 44.4 Å². The number of unbranched alkanes of at least 4 members (excludes halogenated alkanes) is 3. The van der Waals surface area contributed by atoms with Crippen molar-refractivity contribution in [2.75, 3.05) is 23.9 Å². The number of amides is 1. The lowest BCUT2D eigenvalue weighted by Crippen LogP contribution is -2.45. The molecule has 1 atom stereocenters. The van der Waals surface area contributed by atoms with Crippen LogP contribution in [0.25, 0.3) is 15.6 Å². The molecule has 0 fully saturated rings. The number of anilines is 2. The van der Waals surface area contributed by atoms with Crippen molar-refractivity contribution in [1.82, 2.24) is 4.98 Å². The number of hydrogen-bond acceptors (Lipinski definition) is 9. The molecule has 0 bridgehead atoms. The smallest absolute Gasteiger partial charge is 0.266 e. The topological polar surface area (TPSA) is 103 Å². The number of benzene rings is 2. The van der Waals surface area contributed by atoms with Crippen LogP contribution in [0.3, 0.4) is 0 Å². The Morgan fingerprint density at radius 2 is 1.95 bits per heavy atom. The summed E-state index contributed by atoms with van der Waals surface area (Å²) in [5.74, 6) is 0.734. The number of rotatable bonds is 11. The number of fused-ring (bicyclic) bond motifs is 2. The molecule has 1 amide bonds. The number of thiophene rings is 1. The second-order valence-corrected chi connectivity index (χ2v) is 13.9. The molecule has 3 heterocycles. The third-order valence-corrected chi connectivity index (χ3v) is 9.99. The van der Waals surface area contributed by atoms with E-state index < -0.39 is 5.91 Å². The molecule has 228 valence electrons. The summed E-state index contributed by atoms with van der Waals surface area (Å²) >= 11 is 2.84. The number of thiazole rings is 1. The number of carbonyl (C=O) groups is 1. The van der Waals surface area contributed by atoms with Gasteiger partial charge in [-0.15, -0.1) is 21.6 Å². The van der Waals surface area contributed by atoms with Crippen molar-refractivity contribution in [2.45, 2.75) is 71.3 Å². The fourth-order valence-electron chi connectivity index (χ4n) is 5.42. The van der Waals surface area contributed by atoms with Gasteiger partial charge in [0.1, 0.15) is 22.2 Å². The van der Waals surface area contributed by atoms with Crippen molar-refractivity contribution in [3.05, 3.63) is 64.5 Å². The van der Waals surface area contributed by atoms with Gasteiger partial charge in [0, 0.05) is 28.8 Å². The molecule has 8 nitrogen and oxygen atoms in total. The van der Waals surface area contributed by atoms with Gasteiger partial charge >= 0.3 is 0 Å². The van der Waals surface area contributed by atoms with Crippen LogP contribution in [-0.2, 0) is 4.79 Å². The molecule has 5 rings (SSSR count). The molecule has 44 heavy (non-hydrogen) atoms. The number of ether oxygens (including phenoxy) is 1. The van der Waals surface area contributed by atoms with Crippen LogP contribution in [0.4, 0.5) is 22.2 Å². The first-order valence-corrected chi connectivity index (χ1v) is 16.7. The van der Waals surface area contributed by atoms with Crippen molar-refractivity contribution < 1.29 is 9.53 Å². The number of nitriles is 1. The fraction of sp³-hybridized carbons (Fsp3) is 0.382. The van der Waals surface area contributed by atoms with Crippen LogP contribution in [-0.4, -0.2) is 30.1 Å². The molecule has 1 unspecified atom stereocenters. The van der Waals surface area contributed by atoms with Gasteiger partial charge in [0.15, 0.2) is 0 Å². The molecule has 2 aromatic carbocycles. The lowest BCUT2D eigenvalue weighted by atomic mass is 9.80. The summed E-state index contributed by atoms with van der Waals surface area (Å²) < 4.78 is 6.70. The Bertz CT molecular complexity index is 1700. The monoisotopic (exact) mass is 626 g/mol. The van der Waals surface area contributed by atoms with Gasteiger partial charge in [-0.05, 0) is 92.8 Å². The maximum absolute atomic E-state index is 12.8. The van der Waals surface area contributed by atoms with E-state index in [1.165, 1.54) is 46.8 Å². The highest BCUT2D eigenvalue weighted by Crippen LogP contribution is 2.44. The average molecular weight is 627 g/mol. The van der Waals surface area contributed by atoms with Gasteiger partial charge in [-0.2, -0.15) is 5.26 Å². The van der Waals surface area contributed by atoms with Crippen LogP contribution in [0, 0.1) is 11.3 Å². The zero-order valence-corrected chi connectivity index (χ0v) is 27.5. The minimum absolute atomic E-state index is 0.0192. The zero-order chi connectivity index (χ0) is 31.3. The summed E-state index contributed by atoms with van der Waals surface area (Å²) in [6.45, 7) is 9.67. The van der Waals surface area contributed by atoms with Crippen molar-refractivity contribution in [3.63, 3.8) is 0 Å². The normalized spacial score (nSPS) is 16.2. The quantitative estimate of drug-likeness (QED) is 0.0772. The SMILES string of the molecule is CCCCCCOc1ccc(NC(=O)/C(C#N)=C/c2cc3sc(/N=N/c4ccc5c(c4)C(C)CC(C)(C)N5C)nc3s2)cc1. The van der Waals surface area contributed by atoms with Crippen molar-refractivity contribution >= 4 is 66.4 Å². The van der Waals surface area contributed by atoms with Gasteiger partial charge in [0.05, 0.1) is 17.0 Å². The first-order valence-electron chi connectivity index (χ1n) is 15.0. The summed E-state index contributed by atoms with van der Waals surface area (Å²) in [6.07, 6.45) is 7.25. The summed E-state index contributed by atoms with van der Waals surface area (Å²) in [7, 11) is 2.15. The Kier molecular flexibility index (Phi) is 9.77. The van der Waals surface area contributed by atoms with Crippen LogP contribution >= 0.6 is 22.7 Å². The number of nitrogens with one attached hydrogen (secondary N) is 1. The molecule has 1 aliphatic rings. The number of hydrogen-bond donors (Lipinski definition) is 1. The molecule has 0 saturated heterocycles. The van der Waals surface area contributed by atoms with E-state index in [2.05, 4.69) is 72.3 Å². The number of aromatic nitrogens is 1. The Hall–Kier alpha value is -4.07. The van der Waals surface area contributed by atoms with Crippen LogP contribution in [0.2, 0.25) is 0 Å². The fourth-order valence-corrected chi connectivity index (χ4v) is 7.41. The molecule has 0 aliphatic carbocycles. The maximum atomic E-state index is 12.8. The number of nitrogens with zero attached hydrogens (tertiary/aromatic N) is 5. The molecule has 1 aliphatic heterocycles. The van der Waals surface area contributed by atoms with Crippen LogP contribution in [0.5, 0.6) is 5.75 Å². The lowest BCUT2D eigenvalue weighted by molar-refractivity contribution is -0.112. The van der Waals surface area contributed by atoms with E-state index in [1.54, 1.807) is 18.2 Å². The van der Waals surface area contributed by atoms with E-state index in [0.29, 0.717) is 23.3 Å². The largest absolute Gasteiger partial charge is 0.494 e. The first-order chi connectivity index (χ1) is 21.2. The zero-order valence-electron chi connectivity index (χ0n) is 25.9. The second kappa shape index (κ2) is 13.7. The minimum Gasteiger partial charge on any atom is -0.494 e. The van der Waals surface area contributed by atoms with Crippen LogP contribution < -0.4 is 15.0 Å². The van der Waals surface area contributed by atoms with E-state index in [9.17, 15) is 10.1 Å². The van der Waals surface area contributed by atoms with E-state index in [4.69, 9.17) is 4.74 Å². The summed E-state index contributed by atoms with van der Waals surface area (Å²) in [5, 5.41) is 21.9. The molecular weight excluding hydrogens is 589 g/mol. The van der Waals surface area contributed by atoms with Gasteiger partial charge in [0.25, 0.3) is 5.91 Å². The lowest BCUT2D eigenvalue weighted by Gasteiger charge is -2.45. The predicted octanol–water partition coefficient (Wildman–Crippen LogP) is 10.00. The highest BCUT2D eigenvalue weighted by Gasteiger charge is 2.34. The third kappa shape index (κ3) is 7.34. The van der Waals surface area contributed by atoms with E-state index in [0.717, 1.165) is 45.1 Å². The predicted molar refractivity (Wildman–Crippen MR) is 182 cm³/mol. The van der Waals surface area contributed by atoms with Gasteiger partial charge in [-0.25, -0.2) is 4.98 Å². The summed E-state index contributed by atoms with van der Waals surface area (Å²) in [4.78, 5) is 21.3. The Balaban J connectivity index is 1.21. The van der Waals surface area contributed by atoms with Crippen molar-refractivity contribution in [2.24, 2.45) is 10.2 Å². The molecule has 0 spiro atoms. The molecule has 10 heteroatoms. The summed E-state index contributed by atoms with van der Waals surface area (Å²) in [5.41, 5.74) is 4.07. The Labute approximate surface area is 267 Å². The maximum Gasteiger partial charge on any atom is 0.266 e. The van der Waals surface area contributed by atoms with Gasteiger partial charge in [-0.3, -0.25) is 4.79 Å². The second-order valence-electron chi connectivity index (χ2n) is 11.8. The molecule has 2 aromatic heterocycles. The molecule has 0 radical (unpaired) electrons. The Morgan fingerprint density at radius 1 is 1.16 bits per heavy atom. The highest BCUT2D eigenvalue weighted by molar-refractivity contribution is 7.29. The number of azo groups is 1. The molecule has 0 saturated carbocycles. The first kappa shape index (κ1) is 31.4. The van der Waals surface area contributed by atoms with Gasteiger partial charge in [0.2, 0.25) is 5.13 Å². The molecule has 1 N–H and O–H groups in total. The van der Waals surface area contributed by atoms with Crippen LogP contribution in [0.1, 0.15) is 76.2 Å². The van der Waals surface area contributed by atoms with Crippen molar-refractivity contribution in [1.29, 1.82) is 5.26 Å². The van der Waals surface area contributed by atoms with Gasteiger partial charge < -0.3 is 15.0 Å². The van der Waals surface area contributed by atoms with Crippen molar-refractivity contribution in [3.8, 4) is 11.8 Å². The van der Waals surface area contributed by atoms with Crippen LogP contribution in [0.15, 0.2) is 64.3 Å². The average Bonchev–Trinajstić information content (AvgIpc) is 3.56. The summed E-state index contributed by atoms with van der Waals surface area (Å²) in [6, 6.07) is 17.4. The standard InChI is InChI=1S/C34H38N6O2S2/c1-6-7-8-9-16-42-26-13-10-24(11-14-26)36-31(41)23(21-35)17-27-19-30-32(43-27)37-33(44-30)39-38-25-12-15-29-28(18-25)22(2)20-34(3,4)40(29)5/h10-15,17-19,22H,6-9,16,20H2,1-5H3,(H,36,41)/b23-17+,39-38+. The van der Waals surface area contributed by atoms with E-state index in [-0.39, 0.29) is 11.1 Å². The van der Waals surface area contributed by atoms with E-state index >= 15 is 0 Å². The Morgan fingerprint density at radius 3 is 2.68 bits per heavy atom. The number of carbonyl (C=O) groups excluding carboxylic acids is 1.